The first kappa shape index (κ1) is 17.0. The second kappa shape index (κ2) is 7.79. The number of nitrogens with one attached hydrogen (secondary N) is 1. The van der Waals surface area contributed by atoms with E-state index in [-0.39, 0.29) is 30.4 Å². The number of anilines is 1. The Kier molecular flexibility index (Phi) is 5.51. The van der Waals surface area contributed by atoms with Gasteiger partial charge in [-0.1, -0.05) is 19.3 Å². The molecule has 1 saturated carbocycles. The molecule has 1 aliphatic heterocycles. The quantitative estimate of drug-likeness (QED) is 0.833. The van der Waals surface area contributed by atoms with Gasteiger partial charge in [0.15, 0.2) is 0 Å². The van der Waals surface area contributed by atoms with Crippen molar-refractivity contribution in [3.8, 4) is 0 Å². The van der Waals surface area contributed by atoms with Crippen molar-refractivity contribution in [1.82, 2.24) is 5.32 Å². The molecule has 2 amide bonds. The second-order valence-electron chi connectivity index (χ2n) is 6.86. The Morgan fingerprint density at radius 2 is 1.88 bits per heavy atom. The summed E-state index contributed by atoms with van der Waals surface area (Å²) in [6, 6.07) is 7.29. The molecule has 0 aromatic heterocycles. The molecule has 1 heterocycles. The van der Waals surface area contributed by atoms with Gasteiger partial charge in [-0.25, -0.2) is 0 Å². The monoisotopic (exact) mass is 330 g/mol. The number of aliphatic hydroxyl groups is 1. The molecule has 2 aliphatic rings. The smallest absolute Gasteiger partial charge is 0.251 e. The fraction of sp³-hybridized carbons (Fsp3) is 0.579. The zero-order chi connectivity index (χ0) is 16.9. The van der Waals surface area contributed by atoms with Crippen molar-refractivity contribution in [3.05, 3.63) is 29.8 Å². The lowest BCUT2D eigenvalue weighted by Gasteiger charge is -2.24. The lowest BCUT2D eigenvalue weighted by Crippen LogP contribution is -2.41. The van der Waals surface area contributed by atoms with Crippen LogP contribution in [0.1, 0.15) is 55.3 Å². The Hall–Kier alpha value is -1.88. The largest absolute Gasteiger partial charge is 0.396 e. The van der Waals surface area contributed by atoms with Gasteiger partial charge >= 0.3 is 0 Å². The summed E-state index contributed by atoms with van der Waals surface area (Å²) < 4.78 is 0. The van der Waals surface area contributed by atoms with E-state index in [0.717, 1.165) is 44.3 Å². The molecule has 0 spiro atoms. The number of carbonyl (C=O) groups is 2. The third-order valence-electron chi connectivity index (χ3n) is 5.22. The van der Waals surface area contributed by atoms with E-state index >= 15 is 0 Å². The Morgan fingerprint density at radius 3 is 2.54 bits per heavy atom. The third kappa shape index (κ3) is 3.78. The zero-order valence-electron chi connectivity index (χ0n) is 14.0. The van der Waals surface area contributed by atoms with Crippen molar-refractivity contribution in [2.75, 3.05) is 18.1 Å². The SMILES string of the molecule is O=C(NC1CCCCCC1CO)c1ccc(N2CCCC2=O)cc1. The van der Waals surface area contributed by atoms with Crippen LogP contribution in [-0.2, 0) is 4.79 Å². The van der Waals surface area contributed by atoms with Crippen molar-refractivity contribution in [3.63, 3.8) is 0 Å². The minimum Gasteiger partial charge on any atom is -0.396 e. The van der Waals surface area contributed by atoms with Crippen molar-refractivity contribution in [2.24, 2.45) is 5.92 Å². The van der Waals surface area contributed by atoms with Crippen LogP contribution in [0.2, 0.25) is 0 Å². The van der Waals surface area contributed by atoms with E-state index in [2.05, 4.69) is 5.32 Å². The number of nitrogens with zero attached hydrogens (tertiary/aromatic N) is 1. The Bertz CT molecular complexity index is 585. The fourth-order valence-corrected chi connectivity index (χ4v) is 3.76. The highest BCUT2D eigenvalue weighted by Crippen LogP contribution is 2.24. The molecule has 0 bridgehead atoms. The first-order valence-electron chi connectivity index (χ1n) is 9.01. The molecule has 130 valence electrons. The third-order valence-corrected chi connectivity index (χ3v) is 5.22. The molecule has 2 unspecified atom stereocenters. The van der Waals surface area contributed by atoms with Crippen LogP contribution in [0.5, 0.6) is 0 Å². The normalized spacial score (nSPS) is 24.7. The van der Waals surface area contributed by atoms with Gasteiger partial charge in [-0.3, -0.25) is 9.59 Å². The number of benzene rings is 1. The standard InChI is InChI=1S/C19H26N2O3/c22-13-15-5-2-1-3-6-17(15)20-19(24)14-8-10-16(11-9-14)21-12-4-7-18(21)23/h8-11,15,17,22H,1-7,12-13H2,(H,20,24). The lowest BCUT2D eigenvalue weighted by molar-refractivity contribution is -0.117. The molecule has 24 heavy (non-hydrogen) atoms. The van der Waals surface area contributed by atoms with Gasteiger partial charge in [0.2, 0.25) is 5.91 Å². The number of rotatable bonds is 4. The highest BCUT2D eigenvalue weighted by Gasteiger charge is 2.25. The number of aliphatic hydroxyl groups excluding tert-OH is 1. The van der Waals surface area contributed by atoms with E-state index in [1.54, 1.807) is 17.0 Å². The van der Waals surface area contributed by atoms with Crippen LogP contribution in [0.3, 0.4) is 0 Å². The summed E-state index contributed by atoms with van der Waals surface area (Å²) >= 11 is 0. The van der Waals surface area contributed by atoms with E-state index in [1.807, 2.05) is 12.1 Å². The lowest BCUT2D eigenvalue weighted by atomic mass is 9.95. The highest BCUT2D eigenvalue weighted by atomic mass is 16.3. The van der Waals surface area contributed by atoms with E-state index < -0.39 is 0 Å². The van der Waals surface area contributed by atoms with Crippen LogP contribution in [0.15, 0.2) is 24.3 Å². The first-order chi connectivity index (χ1) is 11.7. The maximum absolute atomic E-state index is 12.5. The number of hydrogen-bond donors (Lipinski definition) is 2. The van der Waals surface area contributed by atoms with Gasteiger partial charge in [0.1, 0.15) is 0 Å². The average Bonchev–Trinajstić information content (AvgIpc) is 2.90. The number of carbonyl (C=O) groups excluding carboxylic acids is 2. The average molecular weight is 330 g/mol. The molecule has 5 heteroatoms. The van der Waals surface area contributed by atoms with E-state index in [9.17, 15) is 14.7 Å². The predicted molar refractivity (Wildman–Crippen MR) is 92.9 cm³/mol. The molecular formula is C19H26N2O3. The van der Waals surface area contributed by atoms with Crippen molar-refractivity contribution in [1.29, 1.82) is 0 Å². The maximum atomic E-state index is 12.5. The minimum atomic E-state index is -0.0975. The predicted octanol–water partition coefficient (Wildman–Crippen LogP) is 2.48. The van der Waals surface area contributed by atoms with Crippen molar-refractivity contribution >= 4 is 17.5 Å². The molecule has 1 aromatic carbocycles. The summed E-state index contributed by atoms with van der Waals surface area (Å²) in [6.45, 7) is 0.881. The van der Waals surface area contributed by atoms with E-state index in [0.29, 0.717) is 12.0 Å². The van der Waals surface area contributed by atoms with Crippen LogP contribution in [0, 0.1) is 5.92 Å². The number of amides is 2. The number of hydrogen-bond acceptors (Lipinski definition) is 3. The van der Waals surface area contributed by atoms with Gasteiger partial charge in [-0.15, -0.1) is 0 Å². The molecule has 2 atom stereocenters. The summed E-state index contributed by atoms with van der Waals surface area (Å²) in [5.41, 5.74) is 1.46. The zero-order valence-corrected chi connectivity index (χ0v) is 14.0. The van der Waals surface area contributed by atoms with Crippen molar-refractivity contribution in [2.45, 2.75) is 51.0 Å². The van der Waals surface area contributed by atoms with Gasteiger partial charge in [0, 0.05) is 42.8 Å². The van der Waals surface area contributed by atoms with Crippen LogP contribution in [0.25, 0.3) is 0 Å². The summed E-state index contributed by atoms with van der Waals surface area (Å²) in [6.07, 6.45) is 6.78. The van der Waals surface area contributed by atoms with Crippen LogP contribution >= 0.6 is 0 Å². The van der Waals surface area contributed by atoms with Gasteiger partial charge in [-0.05, 0) is 43.5 Å². The van der Waals surface area contributed by atoms with Crippen LogP contribution in [0.4, 0.5) is 5.69 Å². The van der Waals surface area contributed by atoms with E-state index in [4.69, 9.17) is 0 Å². The molecule has 2 N–H and O–H groups in total. The van der Waals surface area contributed by atoms with Gasteiger partial charge in [-0.2, -0.15) is 0 Å². The summed E-state index contributed by atoms with van der Waals surface area (Å²) in [7, 11) is 0. The molecule has 1 saturated heterocycles. The molecule has 2 fully saturated rings. The molecule has 3 rings (SSSR count). The summed E-state index contributed by atoms with van der Waals surface area (Å²) in [4.78, 5) is 26.1. The van der Waals surface area contributed by atoms with Gasteiger partial charge in [0.05, 0.1) is 0 Å². The van der Waals surface area contributed by atoms with Crippen molar-refractivity contribution < 1.29 is 14.7 Å². The Labute approximate surface area is 143 Å². The topological polar surface area (TPSA) is 69.6 Å². The van der Waals surface area contributed by atoms with E-state index in [1.165, 1.54) is 6.42 Å². The molecular weight excluding hydrogens is 304 g/mol. The van der Waals surface area contributed by atoms with Crippen LogP contribution in [-0.4, -0.2) is 36.1 Å². The Balaban J connectivity index is 1.65. The first-order valence-corrected chi connectivity index (χ1v) is 9.01. The molecule has 0 radical (unpaired) electrons. The molecule has 1 aromatic rings. The second-order valence-corrected chi connectivity index (χ2v) is 6.86. The highest BCUT2D eigenvalue weighted by molar-refractivity contribution is 5.97. The summed E-state index contributed by atoms with van der Waals surface area (Å²) in [5.74, 6) is 0.203. The van der Waals surface area contributed by atoms with Gasteiger partial charge in [0.25, 0.3) is 5.91 Å². The van der Waals surface area contributed by atoms with Crippen LogP contribution < -0.4 is 10.2 Å². The molecule has 1 aliphatic carbocycles. The van der Waals surface area contributed by atoms with Gasteiger partial charge < -0.3 is 15.3 Å². The minimum absolute atomic E-state index is 0.0461. The fourth-order valence-electron chi connectivity index (χ4n) is 3.76. The maximum Gasteiger partial charge on any atom is 0.251 e. The Morgan fingerprint density at radius 1 is 1.12 bits per heavy atom. The summed E-state index contributed by atoms with van der Waals surface area (Å²) in [5, 5.41) is 12.7. The molecule has 5 nitrogen and oxygen atoms in total.